The number of alkyl halides is 1. The lowest BCUT2D eigenvalue weighted by Crippen LogP contribution is -2.59. The van der Waals surface area contributed by atoms with E-state index in [9.17, 15) is 28.9 Å². The van der Waals surface area contributed by atoms with Crippen molar-refractivity contribution in [2.75, 3.05) is 165 Å². The molecule has 6 aliphatic rings. The van der Waals surface area contributed by atoms with Gasteiger partial charge in [-0.15, -0.1) is 0 Å². The van der Waals surface area contributed by atoms with Gasteiger partial charge < -0.3 is 71.3 Å². The zero-order valence-corrected chi connectivity index (χ0v) is 69.3. The molecule has 15 rings (SSSR count). The molecule has 3 fully saturated rings. The number of β-amino-alcohol motifs (C(OH)–C–C–N with tert-alkyl or cyclic N) is 2. The molecule has 0 spiro atoms. The number of halogens is 6. The first kappa shape index (κ1) is 85.0. The summed E-state index contributed by atoms with van der Waals surface area (Å²) < 4.78 is 65.2. The van der Waals surface area contributed by atoms with Crippen LogP contribution in [0.3, 0.4) is 0 Å². The number of para-hydroxylation sites is 1. The average Bonchev–Trinajstić information content (AvgIpc) is 1.57. The number of methoxy groups -OCH3 is 3. The van der Waals surface area contributed by atoms with E-state index in [-0.39, 0.29) is 65.5 Å². The van der Waals surface area contributed by atoms with Gasteiger partial charge in [-0.25, -0.2) is 33.1 Å². The van der Waals surface area contributed by atoms with Gasteiger partial charge in [0.15, 0.2) is 23.7 Å². The van der Waals surface area contributed by atoms with Crippen molar-refractivity contribution in [2.24, 2.45) is 7.05 Å². The standard InChI is InChI=1S/C54H67Cl2FN14O4.C30H36ClF2N7O3/c1-67-19-18-58-52(67)40-10-4-5-13-43(40)61-50-41(55)30-59-53(65-50)62-45-17-15-35-29-37(9-7-12-39(35)49(45)75-3)71-25-24-70(32-46(71)57)47(33-73)64-51-42(56)31-60-54(66-51)63-44-16-14-34-28-36(8-6-11-38(34)48(44)74-2)69-22-20-68(21-23-69)26-27-72;1-34-29(42)22-15-19(32)16-24(33)26(22)37-28-23(31)17-35-30(38-28)36-25-7-6-18-14-20(4-3-5-21(18)27(25)43-2)40-10-8-39(9-11-40)12-13-41/h4-5,10,13-19,30-31,36-37,46-47,72-73H,6-9,11-12,20-29,32-33H2,1-3H3,(H2,59,61,62,65)(H2,60,63,64,66);6-7,15-17,20,41H,3-5,8-14H2,1-2H3,(H,34,42)(H2,35,36,37,38)/t36-,37?,46?,47?;/m1./s1. The van der Waals surface area contributed by atoms with Crippen LogP contribution < -0.4 is 51.4 Å². The number of carbonyl (C=O) groups excluding carboxylic acids is 1. The summed E-state index contributed by atoms with van der Waals surface area (Å²) >= 11 is 19.6. The molecule has 0 radical (unpaired) electrons. The Hall–Kier alpha value is -9.48. The summed E-state index contributed by atoms with van der Waals surface area (Å²) in [6.45, 7) is 10.5. The van der Waals surface area contributed by atoms with Crippen LogP contribution in [-0.4, -0.2) is 254 Å². The van der Waals surface area contributed by atoms with Gasteiger partial charge in [0, 0.05) is 141 Å². The SMILES string of the molecule is CNC(=O)c1cc(F)cc(F)c1Nc1nc(Nc2ccc3c(c2OC)CCCC(N2CCN(CCO)CC2)C3)ncc1Cl.COc1c(Nc2ncc(Cl)c(Nc3ccccc3-c3nccn3C)n2)ccc2c1CCCC(N1CCN(C(CO)Nc3nc(Nc4ccc5c(c4OC)CCC[C@@H](N4CCN(CCO)CC4)C5)ncc3Cl)CC1F)C2. The number of benzene rings is 5. The predicted octanol–water partition coefficient (Wildman–Crippen LogP) is 11.8. The number of ether oxygens (including phenoxy) is 3. The Morgan fingerprint density at radius 2 is 1.04 bits per heavy atom. The number of aliphatic hydroxyl groups excluding tert-OH is 3. The normalized spacial score (nSPS) is 19.3. The second-order valence-corrected chi connectivity index (χ2v) is 31.6. The van der Waals surface area contributed by atoms with E-state index in [1.165, 1.54) is 36.1 Å². The van der Waals surface area contributed by atoms with Crippen molar-refractivity contribution in [2.45, 2.75) is 108 Å². The summed E-state index contributed by atoms with van der Waals surface area (Å²) in [6, 6.07) is 22.6. The molecule has 3 saturated heterocycles. The van der Waals surface area contributed by atoms with Crippen molar-refractivity contribution < 1.29 is 47.5 Å². The number of nitrogens with zero attached hydrogens (tertiary/aromatic N) is 14. The van der Waals surface area contributed by atoms with Gasteiger partial charge in [0.2, 0.25) is 17.8 Å². The van der Waals surface area contributed by atoms with Gasteiger partial charge in [-0.3, -0.25) is 34.2 Å². The number of amides is 1. The Bertz CT molecular complexity index is 4970. The second-order valence-electron chi connectivity index (χ2n) is 30.4. The van der Waals surface area contributed by atoms with Gasteiger partial charge in [-0.1, -0.05) is 65.1 Å². The van der Waals surface area contributed by atoms with E-state index < -0.39 is 30.0 Å². The highest BCUT2D eigenvalue weighted by Gasteiger charge is 2.38. The fraction of sp³-hybridized carbons (Fsp3) is 0.452. The second kappa shape index (κ2) is 39.6. The largest absolute Gasteiger partial charge is 0.494 e. The lowest BCUT2D eigenvalue weighted by molar-refractivity contribution is -0.0451. The molecule has 0 bridgehead atoms. The number of rotatable bonds is 26. The van der Waals surface area contributed by atoms with Crippen molar-refractivity contribution in [3.63, 3.8) is 0 Å². The molecule has 10 N–H and O–H groups in total. The summed E-state index contributed by atoms with van der Waals surface area (Å²) in [5.41, 5.74) is 10.4. The summed E-state index contributed by atoms with van der Waals surface area (Å²) in [5.74, 6) is 2.07. The maximum Gasteiger partial charge on any atom is 0.253 e. The molecule has 34 heteroatoms. The van der Waals surface area contributed by atoms with Gasteiger partial charge >= 0.3 is 0 Å². The highest BCUT2D eigenvalue weighted by molar-refractivity contribution is 6.33. The first-order valence-corrected chi connectivity index (χ1v) is 41.5. The number of piperazine rings is 3. The Kier molecular flexibility index (Phi) is 28.5. The molecule has 28 nitrogen and oxygen atoms in total. The van der Waals surface area contributed by atoms with E-state index in [4.69, 9.17) is 59.0 Å². The molecule has 628 valence electrons. The van der Waals surface area contributed by atoms with Crippen molar-refractivity contribution in [3.05, 3.63) is 169 Å². The molecule has 3 aliphatic carbocycles. The number of aliphatic hydroxyl groups is 3. The molecule has 1 amide bonds. The van der Waals surface area contributed by atoms with Crippen LogP contribution in [-0.2, 0) is 45.6 Å². The lowest BCUT2D eigenvalue weighted by Gasteiger charge is -2.44. The summed E-state index contributed by atoms with van der Waals surface area (Å²) in [5, 5.41) is 51.8. The molecule has 9 aromatic rings. The third kappa shape index (κ3) is 19.8. The fourth-order valence-electron chi connectivity index (χ4n) is 17.4. The monoisotopic (exact) mass is 1680 g/mol. The number of carbonyl (C=O) groups is 1. The zero-order chi connectivity index (χ0) is 82.5. The molecule has 118 heavy (non-hydrogen) atoms. The Morgan fingerprint density at radius 1 is 0.568 bits per heavy atom. The van der Waals surface area contributed by atoms with Crippen LogP contribution in [0.5, 0.6) is 17.2 Å². The highest BCUT2D eigenvalue weighted by atomic mass is 35.5. The average molecular weight is 1680 g/mol. The first-order valence-electron chi connectivity index (χ1n) is 40.3. The number of aromatic nitrogens is 8. The van der Waals surface area contributed by atoms with Crippen LogP contribution in [0.4, 0.5) is 76.9 Å². The topological polar surface area (TPSA) is 304 Å². The zero-order valence-electron chi connectivity index (χ0n) is 67.0. The molecule has 5 atom stereocenters. The van der Waals surface area contributed by atoms with Gasteiger partial charge in [0.1, 0.15) is 55.9 Å². The highest BCUT2D eigenvalue weighted by Crippen LogP contribution is 2.43. The molecule has 5 aromatic carbocycles. The molecular formula is C84H103Cl3F3N21O7. The van der Waals surface area contributed by atoms with Crippen LogP contribution in [0.2, 0.25) is 15.1 Å². The molecule has 4 aromatic heterocycles. The third-order valence-corrected chi connectivity index (χ3v) is 24.2. The summed E-state index contributed by atoms with van der Waals surface area (Å²) in [4.78, 5) is 57.7. The van der Waals surface area contributed by atoms with E-state index in [0.717, 1.165) is 187 Å². The molecule has 0 saturated carbocycles. The van der Waals surface area contributed by atoms with Gasteiger partial charge in [0.05, 0.1) is 93.7 Å². The van der Waals surface area contributed by atoms with Gasteiger partial charge in [0.25, 0.3) is 5.91 Å². The van der Waals surface area contributed by atoms with E-state index >= 15 is 4.39 Å². The number of hydrogen-bond donors (Lipinski definition) is 10. The van der Waals surface area contributed by atoms with Crippen LogP contribution >= 0.6 is 34.8 Å². The summed E-state index contributed by atoms with van der Waals surface area (Å²) in [7, 11) is 8.31. The Balaban J connectivity index is 0.000000225. The molecular weight excluding hydrogens is 1580 g/mol. The molecule has 3 aliphatic heterocycles. The van der Waals surface area contributed by atoms with Crippen molar-refractivity contribution in [1.29, 1.82) is 0 Å². The van der Waals surface area contributed by atoms with Gasteiger partial charge in [-0.2, -0.15) is 15.0 Å². The quantitative estimate of drug-likeness (QED) is 0.0178. The maximum atomic E-state index is 16.6. The van der Waals surface area contributed by atoms with Gasteiger partial charge in [-0.05, 0) is 147 Å². The smallest absolute Gasteiger partial charge is 0.253 e. The third-order valence-electron chi connectivity index (χ3n) is 23.4. The number of hydrogen-bond acceptors (Lipinski definition) is 26. The van der Waals surface area contributed by atoms with Crippen LogP contribution in [0, 0.1) is 11.6 Å². The van der Waals surface area contributed by atoms with Crippen molar-refractivity contribution >= 4 is 104 Å². The van der Waals surface area contributed by atoms with E-state index in [2.05, 4.69) is 99.9 Å². The fourth-order valence-corrected chi connectivity index (χ4v) is 17.8. The van der Waals surface area contributed by atoms with Crippen molar-refractivity contribution in [3.8, 4) is 28.6 Å². The predicted molar refractivity (Wildman–Crippen MR) is 454 cm³/mol. The van der Waals surface area contributed by atoms with E-state index in [0.29, 0.717) is 89.1 Å². The van der Waals surface area contributed by atoms with E-state index in [1.54, 1.807) is 33.7 Å². The van der Waals surface area contributed by atoms with Crippen LogP contribution in [0.25, 0.3) is 11.4 Å². The Morgan fingerprint density at radius 3 is 1.51 bits per heavy atom. The maximum absolute atomic E-state index is 16.6. The van der Waals surface area contributed by atoms with E-state index in [1.807, 2.05) is 70.1 Å². The minimum Gasteiger partial charge on any atom is -0.494 e. The minimum absolute atomic E-state index is 0.0329. The number of aryl methyl sites for hydroxylation is 1. The summed E-state index contributed by atoms with van der Waals surface area (Å²) in [6.07, 6.45) is 17.2. The van der Waals surface area contributed by atoms with Crippen LogP contribution in [0.1, 0.15) is 82.3 Å². The minimum atomic E-state index is -1.28. The molecule has 7 heterocycles. The first-order chi connectivity index (χ1) is 57.4. The molecule has 4 unspecified atom stereocenters. The lowest BCUT2D eigenvalue weighted by atomic mass is 9.98. The number of anilines is 11. The number of nitrogens with one attached hydrogen (secondary N) is 7. The Labute approximate surface area is 700 Å². The van der Waals surface area contributed by atoms with Crippen LogP contribution in [0.15, 0.2) is 104 Å². The number of imidazole rings is 1. The number of fused-ring (bicyclic) bond motifs is 3. The van der Waals surface area contributed by atoms with Crippen molar-refractivity contribution in [1.82, 2.24) is 74.2 Å².